The molecule has 0 aromatic heterocycles. The number of rotatable bonds is 3. The fourth-order valence-corrected chi connectivity index (χ4v) is 3.52. The number of hydrogen-bond donors (Lipinski definition) is 0. The van der Waals surface area contributed by atoms with Gasteiger partial charge in [-0.15, -0.1) is 0 Å². The predicted molar refractivity (Wildman–Crippen MR) is 92.1 cm³/mol. The second-order valence-electron chi connectivity index (χ2n) is 6.41. The van der Waals surface area contributed by atoms with Crippen molar-refractivity contribution in [1.82, 2.24) is 9.80 Å². The summed E-state index contributed by atoms with van der Waals surface area (Å²) in [6.07, 6.45) is 0.656. The van der Waals surface area contributed by atoms with E-state index in [0.29, 0.717) is 39.3 Å². The lowest BCUT2D eigenvalue weighted by molar-refractivity contribution is -0.120. The summed E-state index contributed by atoms with van der Waals surface area (Å²) in [5.74, 6) is 0.136. The van der Waals surface area contributed by atoms with Gasteiger partial charge in [0, 0.05) is 37.9 Å². The number of carbonyl (C=O) groups is 2. The lowest BCUT2D eigenvalue weighted by Crippen LogP contribution is -2.52. The summed E-state index contributed by atoms with van der Waals surface area (Å²) in [5, 5.41) is 0. The number of benzene rings is 1. The van der Waals surface area contributed by atoms with Crippen molar-refractivity contribution in [3.8, 4) is 0 Å². The summed E-state index contributed by atoms with van der Waals surface area (Å²) in [4.78, 5) is 30.3. The van der Waals surface area contributed by atoms with Gasteiger partial charge in [0.1, 0.15) is 0 Å². The second-order valence-corrected chi connectivity index (χ2v) is 6.41. The van der Waals surface area contributed by atoms with E-state index in [1.807, 2.05) is 30.0 Å². The zero-order chi connectivity index (χ0) is 17.1. The topological polar surface area (TPSA) is 53.1 Å². The van der Waals surface area contributed by atoms with Gasteiger partial charge in [0.15, 0.2) is 0 Å². The van der Waals surface area contributed by atoms with Crippen LogP contribution in [0.5, 0.6) is 0 Å². The van der Waals surface area contributed by atoms with E-state index in [0.717, 1.165) is 12.1 Å². The van der Waals surface area contributed by atoms with Crippen molar-refractivity contribution in [2.45, 2.75) is 26.3 Å². The fourth-order valence-electron chi connectivity index (χ4n) is 3.52. The summed E-state index contributed by atoms with van der Waals surface area (Å²) in [6, 6.07) is 8.33. The minimum absolute atomic E-state index is 0.136. The largest absolute Gasteiger partial charge is 0.450 e. The number of para-hydroxylation sites is 1. The van der Waals surface area contributed by atoms with Gasteiger partial charge in [-0.25, -0.2) is 4.79 Å². The van der Waals surface area contributed by atoms with Gasteiger partial charge in [-0.05, 0) is 31.9 Å². The number of anilines is 1. The van der Waals surface area contributed by atoms with Crippen molar-refractivity contribution in [3.63, 3.8) is 0 Å². The number of nitrogens with zero attached hydrogens (tertiary/aromatic N) is 3. The molecule has 1 aromatic rings. The Morgan fingerprint density at radius 1 is 1.17 bits per heavy atom. The Kier molecular flexibility index (Phi) is 5.04. The summed E-state index contributed by atoms with van der Waals surface area (Å²) < 4.78 is 5.03. The molecule has 2 aliphatic heterocycles. The third kappa shape index (κ3) is 3.38. The molecule has 6 nitrogen and oxygen atoms in total. The van der Waals surface area contributed by atoms with Gasteiger partial charge >= 0.3 is 6.09 Å². The van der Waals surface area contributed by atoms with Crippen molar-refractivity contribution in [1.29, 1.82) is 0 Å². The number of piperazine rings is 1. The fraction of sp³-hybridized carbons (Fsp3) is 0.556. The molecule has 130 valence electrons. The van der Waals surface area contributed by atoms with E-state index in [2.05, 4.69) is 17.9 Å². The molecule has 0 saturated carbocycles. The van der Waals surface area contributed by atoms with Gasteiger partial charge in [0.2, 0.25) is 5.91 Å². The van der Waals surface area contributed by atoms with Crippen LogP contribution in [0.15, 0.2) is 24.3 Å². The highest BCUT2D eigenvalue weighted by molar-refractivity contribution is 5.97. The molecule has 2 aliphatic rings. The molecule has 0 N–H and O–H groups in total. The Morgan fingerprint density at radius 2 is 1.88 bits per heavy atom. The average Bonchev–Trinajstić information content (AvgIpc) is 2.91. The highest BCUT2D eigenvalue weighted by Crippen LogP contribution is 2.31. The SMILES string of the molecule is CCOC(=O)N1CCN(CC(=O)N2c3ccccc3C[C@@H]2C)CC1. The number of hydrogen-bond acceptors (Lipinski definition) is 4. The Labute approximate surface area is 143 Å². The van der Waals surface area contributed by atoms with E-state index in [1.54, 1.807) is 4.90 Å². The number of carbonyl (C=O) groups excluding carboxylic acids is 2. The summed E-state index contributed by atoms with van der Waals surface area (Å²) in [5.41, 5.74) is 2.28. The smallest absolute Gasteiger partial charge is 0.409 e. The molecule has 0 unspecified atom stereocenters. The Hall–Kier alpha value is -2.08. The Balaban J connectivity index is 1.56. The quantitative estimate of drug-likeness (QED) is 0.847. The molecule has 0 radical (unpaired) electrons. The van der Waals surface area contributed by atoms with Crippen LogP contribution in [0.2, 0.25) is 0 Å². The van der Waals surface area contributed by atoms with Crippen molar-refractivity contribution >= 4 is 17.7 Å². The average molecular weight is 331 g/mol. The van der Waals surface area contributed by atoms with E-state index in [4.69, 9.17) is 4.74 Å². The Morgan fingerprint density at radius 3 is 2.58 bits per heavy atom. The maximum atomic E-state index is 12.8. The van der Waals surface area contributed by atoms with Crippen molar-refractivity contribution in [3.05, 3.63) is 29.8 Å². The third-order valence-corrected chi connectivity index (χ3v) is 4.73. The van der Waals surface area contributed by atoms with Crippen LogP contribution in [0.25, 0.3) is 0 Å². The molecule has 6 heteroatoms. The van der Waals surface area contributed by atoms with E-state index >= 15 is 0 Å². The standard InChI is InChI=1S/C18H25N3O3/c1-3-24-18(23)20-10-8-19(9-11-20)13-17(22)21-14(2)12-15-6-4-5-7-16(15)21/h4-7,14H,3,8-13H2,1-2H3/t14-/m0/s1. The van der Waals surface area contributed by atoms with Crippen molar-refractivity contribution < 1.29 is 14.3 Å². The van der Waals surface area contributed by atoms with Crippen LogP contribution < -0.4 is 4.90 Å². The molecular weight excluding hydrogens is 306 g/mol. The molecule has 2 heterocycles. The molecule has 0 bridgehead atoms. The molecule has 1 aromatic carbocycles. The molecule has 1 saturated heterocycles. The van der Waals surface area contributed by atoms with Crippen LogP contribution in [-0.2, 0) is 16.0 Å². The van der Waals surface area contributed by atoms with Crippen molar-refractivity contribution in [2.75, 3.05) is 44.2 Å². The first-order valence-electron chi connectivity index (χ1n) is 8.64. The molecule has 0 aliphatic carbocycles. The van der Waals surface area contributed by atoms with E-state index < -0.39 is 0 Å². The zero-order valence-electron chi connectivity index (χ0n) is 14.4. The normalized spacial score (nSPS) is 20.8. The van der Waals surface area contributed by atoms with Gasteiger partial charge < -0.3 is 14.5 Å². The number of fused-ring (bicyclic) bond motifs is 1. The van der Waals surface area contributed by atoms with E-state index in [1.165, 1.54) is 5.56 Å². The predicted octanol–water partition coefficient (Wildman–Crippen LogP) is 1.74. The maximum absolute atomic E-state index is 12.8. The number of ether oxygens (including phenoxy) is 1. The van der Waals surface area contributed by atoms with Crippen LogP contribution in [0, 0.1) is 0 Å². The van der Waals surface area contributed by atoms with Crippen LogP contribution >= 0.6 is 0 Å². The van der Waals surface area contributed by atoms with Gasteiger partial charge in [0.05, 0.1) is 13.2 Å². The zero-order valence-corrected chi connectivity index (χ0v) is 14.4. The summed E-state index contributed by atoms with van der Waals surface area (Å²) in [7, 11) is 0. The molecule has 1 atom stereocenters. The highest BCUT2D eigenvalue weighted by atomic mass is 16.6. The van der Waals surface area contributed by atoms with Crippen LogP contribution in [-0.4, -0.2) is 67.2 Å². The van der Waals surface area contributed by atoms with Gasteiger partial charge in [-0.3, -0.25) is 9.69 Å². The summed E-state index contributed by atoms with van der Waals surface area (Å²) >= 11 is 0. The van der Waals surface area contributed by atoms with Crippen LogP contribution in [0.4, 0.5) is 10.5 Å². The van der Waals surface area contributed by atoms with Crippen LogP contribution in [0.3, 0.4) is 0 Å². The first-order valence-corrected chi connectivity index (χ1v) is 8.64. The van der Waals surface area contributed by atoms with Gasteiger partial charge in [-0.2, -0.15) is 0 Å². The van der Waals surface area contributed by atoms with Gasteiger partial charge in [-0.1, -0.05) is 18.2 Å². The van der Waals surface area contributed by atoms with Crippen LogP contribution in [0.1, 0.15) is 19.4 Å². The third-order valence-electron chi connectivity index (χ3n) is 4.73. The number of amides is 2. The molecular formula is C18H25N3O3. The molecule has 0 spiro atoms. The summed E-state index contributed by atoms with van der Waals surface area (Å²) in [6.45, 7) is 7.32. The highest BCUT2D eigenvalue weighted by Gasteiger charge is 2.32. The van der Waals surface area contributed by atoms with Gasteiger partial charge in [0.25, 0.3) is 0 Å². The Bertz CT molecular complexity index is 611. The first kappa shape index (κ1) is 16.8. The lowest BCUT2D eigenvalue weighted by Gasteiger charge is -2.34. The second kappa shape index (κ2) is 7.21. The monoisotopic (exact) mass is 331 g/mol. The van der Waals surface area contributed by atoms with Crippen molar-refractivity contribution in [2.24, 2.45) is 0 Å². The molecule has 1 fully saturated rings. The van der Waals surface area contributed by atoms with E-state index in [9.17, 15) is 9.59 Å². The first-order chi connectivity index (χ1) is 11.6. The lowest BCUT2D eigenvalue weighted by atomic mass is 10.1. The maximum Gasteiger partial charge on any atom is 0.409 e. The molecule has 2 amide bonds. The molecule has 3 rings (SSSR count). The van der Waals surface area contributed by atoms with E-state index in [-0.39, 0.29) is 18.0 Å². The molecule has 24 heavy (non-hydrogen) atoms. The minimum atomic E-state index is -0.259. The minimum Gasteiger partial charge on any atom is -0.450 e.